The molecule has 4 heterocycles. The monoisotopic (exact) mass is 492 g/mol. The van der Waals surface area contributed by atoms with Crippen molar-refractivity contribution >= 4 is 40.8 Å². The quantitative estimate of drug-likeness (QED) is 0.323. The van der Waals surface area contributed by atoms with Gasteiger partial charge in [0.15, 0.2) is 5.82 Å². The predicted molar refractivity (Wildman–Crippen MR) is 132 cm³/mol. The number of nitrogens with zero attached hydrogens (tertiary/aromatic N) is 6. The van der Waals surface area contributed by atoms with E-state index in [9.17, 15) is 4.79 Å². The Labute approximate surface area is 204 Å². The van der Waals surface area contributed by atoms with E-state index < -0.39 is 6.04 Å². The smallest absolute Gasteiger partial charge is 0.242 e. The minimum Gasteiger partial charge on any atom is -0.344 e. The van der Waals surface area contributed by atoms with Gasteiger partial charge in [0.1, 0.15) is 22.7 Å². The number of amides is 1. The Bertz CT molecular complexity index is 1420. The third-order valence-corrected chi connectivity index (χ3v) is 7.08. The zero-order valence-corrected chi connectivity index (χ0v) is 20.3. The number of imidazole rings is 1. The predicted octanol–water partition coefficient (Wildman–Crippen LogP) is 4.06. The summed E-state index contributed by atoms with van der Waals surface area (Å²) >= 11 is 7.81. The van der Waals surface area contributed by atoms with Crippen molar-refractivity contribution in [1.82, 2.24) is 30.2 Å². The van der Waals surface area contributed by atoms with Gasteiger partial charge in [-0.25, -0.2) is 10.4 Å². The lowest BCUT2D eigenvalue weighted by atomic mass is 9.99. The summed E-state index contributed by atoms with van der Waals surface area (Å²) in [4.78, 5) is 26.0. The first kappa shape index (κ1) is 22.2. The molecule has 0 radical (unpaired) electrons. The van der Waals surface area contributed by atoms with E-state index in [4.69, 9.17) is 16.6 Å². The van der Waals surface area contributed by atoms with Crippen molar-refractivity contribution in [3.8, 4) is 5.00 Å². The molecule has 1 aliphatic rings. The van der Waals surface area contributed by atoms with Crippen LogP contribution < -0.4 is 5.43 Å². The third kappa shape index (κ3) is 4.06. The Balaban J connectivity index is 1.56. The second kappa shape index (κ2) is 8.96. The molecule has 0 saturated heterocycles. The van der Waals surface area contributed by atoms with Crippen molar-refractivity contribution in [2.24, 2.45) is 10.1 Å². The van der Waals surface area contributed by atoms with E-state index in [1.807, 2.05) is 35.8 Å². The molecule has 5 rings (SSSR count). The molecule has 11 heteroatoms. The standard InChI is InChI=1S/C23H21ClN8OS/c1-12-13(2)34-23-20(12)21(15-4-6-16(24)7-5-15)28-17(22-31-29-14(3)32(22)23)10-19(33)30-27-11-18-25-8-9-26-18/h4-9,11,17H,10H2,1-3H3,(H,25,26)(H,30,33)/b27-11-. The molecular weight excluding hydrogens is 472 g/mol. The summed E-state index contributed by atoms with van der Waals surface area (Å²) in [6, 6.07) is 7.03. The van der Waals surface area contributed by atoms with Crippen molar-refractivity contribution in [3.63, 3.8) is 0 Å². The number of aromatic nitrogens is 5. The second-order valence-electron chi connectivity index (χ2n) is 7.88. The Morgan fingerprint density at radius 3 is 2.79 bits per heavy atom. The van der Waals surface area contributed by atoms with Gasteiger partial charge >= 0.3 is 0 Å². The number of hydrogen-bond acceptors (Lipinski definition) is 7. The summed E-state index contributed by atoms with van der Waals surface area (Å²) < 4.78 is 2.01. The summed E-state index contributed by atoms with van der Waals surface area (Å²) in [5.41, 5.74) is 6.44. The number of hydrazone groups is 1. The Kier molecular flexibility index (Phi) is 5.84. The Hall–Kier alpha value is -3.63. The number of hydrogen-bond donors (Lipinski definition) is 2. The lowest BCUT2D eigenvalue weighted by Crippen LogP contribution is -2.21. The van der Waals surface area contributed by atoms with Crippen LogP contribution in [-0.4, -0.2) is 42.6 Å². The molecular formula is C23H21ClN8OS. The number of nitrogens with one attached hydrogen (secondary N) is 2. The molecule has 0 fully saturated rings. The summed E-state index contributed by atoms with van der Waals surface area (Å²) in [5, 5.41) is 14.3. The van der Waals surface area contributed by atoms with Crippen LogP contribution in [-0.2, 0) is 4.79 Å². The number of H-pyrrole nitrogens is 1. The fourth-order valence-corrected chi connectivity index (χ4v) is 5.21. The normalized spacial score (nSPS) is 15.1. The molecule has 1 unspecified atom stereocenters. The number of fused-ring (bicyclic) bond motifs is 3. The Morgan fingerprint density at radius 1 is 1.26 bits per heavy atom. The molecule has 34 heavy (non-hydrogen) atoms. The van der Waals surface area contributed by atoms with Crippen LogP contribution in [0.5, 0.6) is 0 Å². The molecule has 0 aliphatic carbocycles. The average molecular weight is 493 g/mol. The zero-order valence-electron chi connectivity index (χ0n) is 18.7. The first-order chi connectivity index (χ1) is 16.4. The highest BCUT2D eigenvalue weighted by Gasteiger charge is 2.32. The molecule has 4 aromatic rings. The molecule has 1 aromatic carbocycles. The van der Waals surface area contributed by atoms with Gasteiger partial charge in [0, 0.05) is 33.4 Å². The largest absolute Gasteiger partial charge is 0.344 e. The maximum absolute atomic E-state index is 12.8. The van der Waals surface area contributed by atoms with Crippen LogP contribution >= 0.6 is 22.9 Å². The van der Waals surface area contributed by atoms with Crippen LogP contribution in [0.1, 0.15) is 51.5 Å². The number of aromatic amines is 1. The molecule has 9 nitrogen and oxygen atoms in total. The lowest BCUT2D eigenvalue weighted by molar-refractivity contribution is -0.121. The van der Waals surface area contributed by atoms with E-state index in [1.54, 1.807) is 23.7 Å². The molecule has 1 aliphatic heterocycles. The number of halogens is 1. The maximum atomic E-state index is 12.8. The van der Waals surface area contributed by atoms with Gasteiger partial charge in [-0.2, -0.15) is 5.10 Å². The minimum atomic E-state index is -0.551. The van der Waals surface area contributed by atoms with Crippen LogP contribution in [0.15, 0.2) is 46.8 Å². The number of aliphatic imine (C=N–C) groups is 1. The SMILES string of the molecule is Cc1sc2c(c1C)C(c1ccc(Cl)cc1)=NC(CC(=O)N/N=C\c1ncc[nH]1)c1nnc(C)n1-2. The van der Waals surface area contributed by atoms with Crippen molar-refractivity contribution in [1.29, 1.82) is 0 Å². The molecule has 172 valence electrons. The first-order valence-electron chi connectivity index (χ1n) is 10.6. The van der Waals surface area contributed by atoms with E-state index in [0.717, 1.165) is 33.2 Å². The van der Waals surface area contributed by atoms with Crippen LogP contribution in [0.2, 0.25) is 5.02 Å². The Morgan fingerprint density at radius 2 is 2.06 bits per heavy atom. The van der Waals surface area contributed by atoms with Gasteiger partial charge in [0.05, 0.1) is 18.3 Å². The molecule has 0 spiro atoms. The number of thiophene rings is 1. The van der Waals surface area contributed by atoms with E-state index in [2.05, 4.69) is 44.5 Å². The van der Waals surface area contributed by atoms with E-state index >= 15 is 0 Å². The molecule has 0 saturated carbocycles. The van der Waals surface area contributed by atoms with E-state index in [0.29, 0.717) is 16.7 Å². The highest BCUT2D eigenvalue weighted by atomic mass is 35.5. The number of benzene rings is 1. The maximum Gasteiger partial charge on any atom is 0.242 e. The van der Waals surface area contributed by atoms with Gasteiger partial charge in [-0.15, -0.1) is 21.5 Å². The first-order valence-corrected chi connectivity index (χ1v) is 11.8. The second-order valence-corrected chi connectivity index (χ2v) is 9.52. The topological polar surface area (TPSA) is 113 Å². The molecule has 3 aromatic heterocycles. The van der Waals surface area contributed by atoms with Gasteiger partial charge in [-0.3, -0.25) is 14.4 Å². The summed E-state index contributed by atoms with van der Waals surface area (Å²) in [6.07, 6.45) is 4.79. The van der Waals surface area contributed by atoms with Gasteiger partial charge in [-0.05, 0) is 38.5 Å². The number of carbonyl (C=O) groups is 1. The minimum absolute atomic E-state index is 0.0533. The van der Waals surface area contributed by atoms with Gasteiger partial charge in [-0.1, -0.05) is 23.7 Å². The summed E-state index contributed by atoms with van der Waals surface area (Å²) in [7, 11) is 0. The van der Waals surface area contributed by atoms with Crippen LogP contribution in [0.3, 0.4) is 0 Å². The van der Waals surface area contributed by atoms with Gasteiger partial charge in [0.25, 0.3) is 0 Å². The fourth-order valence-electron chi connectivity index (χ4n) is 3.87. The number of aryl methyl sites for hydroxylation is 2. The third-order valence-electron chi connectivity index (χ3n) is 5.63. The summed E-state index contributed by atoms with van der Waals surface area (Å²) in [5.74, 6) is 1.61. The highest BCUT2D eigenvalue weighted by molar-refractivity contribution is 7.15. The average Bonchev–Trinajstić information content (AvgIpc) is 3.51. The number of rotatable bonds is 5. The van der Waals surface area contributed by atoms with Crippen molar-refractivity contribution < 1.29 is 4.79 Å². The fraction of sp³-hybridized carbons (Fsp3) is 0.217. The van der Waals surface area contributed by atoms with E-state index in [-0.39, 0.29) is 12.3 Å². The van der Waals surface area contributed by atoms with Gasteiger partial charge in [0.2, 0.25) is 5.91 Å². The summed E-state index contributed by atoms with van der Waals surface area (Å²) in [6.45, 7) is 6.09. The van der Waals surface area contributed by atoms with Gasteiger partial charge < -0.3 is 4.98 Å². The molecule has 2 N–H and O–H groups in total. The van der Waals surface area contributed by atoms with Crippen LogP contribution in [0.4, 0.5) is 0 Å². The number of carbonyl (C=O) groups excluding carboxylic acids is 1. The van der Waals surface area contributed by atoms with Crippen LogP contribution in [0.25, 0.3) is 5.00 Å². The lowest BCUT2D eigenvalue weighted by Gasteiger charge is -2.12. The van der Waals surface area contributed by atoms with Crippen LogP contribution in [0, 0.1) is 20.8 Å². The highest BCUT2D eigenvalue weighted by Crippen LogP contribution is 2.39. The van der Waals surface area contributed by atoms with Crippen molar-refractivity contribution in [2.45, 2.75) is 33.2 Å². The zero-order chi connectivity index (χ0) is 23.8. The van der Waals surface area contributed by atoms with Crippen molar-refractivity contribution in [3.05, 3.63) is 80.7 Å². The molecule has 1 atom stereocenters. The molecule has 0 bridgehead atoms. The van der Waals surface area contributed by atoms with E-state index in [1.165, 1.54) is 11.1 Å². The molecule has 1 amide bonds. The van der Waals surface area contributed by atoms with Crippen molar-refractivity contribution in [2.75, 3.05) is 0 Å².